The fraction of sp³-hybridized carbons (Fsp3) is 0.533. The van der Waals surface area contributed by atoms with Gasteiger partial charge < -0.3 is 15.8 Å². The minimum atomic E-state index is -0.0770. The molecule has 1 aromatic carbocycles. The van der Waals surface area contributed by atoms with Crippen LogP contribution in [-0.2, 0) is 6.42 Å². The van der Waals surface area contributed by atoms with Gasteiger partial charge in [-0.1, -0.05) is 13.0 Å². The fourth-order valence-electron chi connectivity index (χ4n) is 2.15. The second-order valence-corrected chi connectivity index (χ2v) is 5.27. The van der Waals surface area contributed by atoms with Crippen molar-refractivity contribution in [2.24, 2.45) is 11.1 Å². The first kappa shape index (κ1) is 13.9. The number of rotatable bonds is 6. The molecule has 0 heterocycles. The summed E-state index contributed by atoms with van der Waals surface area (Å²) in [6.07, 6.45) is 3.11. The summed E-state index contributed by atoms with van der Waals surface area (Å²) in [5.41, 5.74) is 7.60. The molecule has 1 amide bonds. The van der Waals surface area contributed by atoms with Gasteiger partial charge >= 0.3 is 0 Å². The Morgan fingerprint density at radius 2 is 2.21 bits per heavy atom. The SMILES string of the molecule is CCc1ccc(OC)c(C(=O)NCC2(CN)CC2)c1. The van der Waals surface area contributed by atoms with Gasteiger partial charge in [-0.05, 0) is 43.5 Å². The number of carbonyl (C=O) groups is 1. The van der Waals surface area contributed by atoms with E-state index < -0.39 is 0 Å². The number of aryl methyl sites for hydroxylation is 1. The van der Waals surface area contributed by atoms with Crippen molar-refractivity contribution in [1.29, 1.82) is 0 Å². The molecule has 0 radical (unpaired) electrons. The predicted octanol–water partition coefficient (Wildman–Crippen LogP) is 1.73. The molecule has 1 aliphatic carbocycles. The molecule has 1 fully saturated rings. The summed E-state index contributed by atoms with van der Waals surface area (Å²) >= 11 is 0. The van der Waals surface area contributed by atoms with E-state index in [1.165, 1.54) is 0 Å². The summed E-state index contributed by atoms with van der Waals surface area (Å²) < 4.78 is 5.25. The fourth-order valence-corrected chi connectivity index (χ4v) is 2.15. The number of hydrogen-bond donors (Lipinski definition) is 2. The Kier molecular flexibility index (Phi) is 4.10. The molecule has 1 aliphatic rings. The highest BCUT2D eigenvalue weighted by Crippen LogP contribution is 2.43. The van der Waals surface area contributed by atoms with Crippen LogP contribution in [0.1, 0.15) is 35.7 Å². The average molecular weight is 262 g/mol. The lowest BCUT2D eigenvalue weighted by Gasteiger charge is -2.15. The Balaban J connectivity index is 2.08. The van der Waals surface area contributed by atoms with Crippen LogP contribution in [0.15, 0.2) is 18.2 Å². The molecule has 0 atom stereocenters. The van der Waals surface area contributed by atoms with Crippen LogP contribution in [0, 0.1) is 5.41 Å². The van der Waals surface area contributed by atoms with Crippen LogP contribution in [0.4, 0.5) is 0 Å². The van der Waals surface area contributed by atoms with E-state index in [0.717, 1.165) is 24.8 Å². The molecular weight excluding hydrogens is 240 g/mol. The zero-order chi connectivity index (χ0) is 13.9. The summed E-state index contributed by atoms with van der Waals surface area (Å²) in [7, 11) is 1.58. The Morgan fingerprint density at radius 1 is 1.47 bits per heavy atom. The van der Waals surface area contributed by atoms with Crippen molar-refractivity contribution in [1.82, 2.24) is 5.32 Å². The number of hydrogen-bond acceptors (Lipinski definition) is 3. The zero-order valence-corrected chi connectivity index (χ0v) is 11.7. The number of amides is 1. The summed E-state index contributed by atoms with van der Waals surface area (Å²) in [5, 5.41) is 2.98. The van der Waals surface area contributed by atoms with Crippen LogP contribution >= 0.6 is 0 Å². The second-order valence-electron chi connectivity index (χ2n) is 5.27. The highest BCUT2D eigenvalue weighted by Gasteiger charge is 2.41. The molecule has 4 nitrogen and oxygen atoms in total. The molecule has 19 heavy (non-hydrogen) atoms. The number of ether oxygens (including phenoxy) is 1. The van der Waals surface area contributed by atoms with Gasteiger partial charge in [0, 0.05) is 12.0 Å². The molecule has 1 saturated carbocycles. The maximum atomic E-state index is 12.3. The van der Waals surface area contributed by atoms with Crippen molar-refractivity contribution in [2.75, 3.05) is 20.2 Å². The molecule has 104 valence electrons. The van der Waals surface area contributed by atoms with Crippen LogP contribution in [0.2, 0.25) is 0 Å². The second kappa shape index (κ2) is 5.61. The quantitative estimate of drug-likeness (QED) is 0.820. The van der Waals surface area contributed by atoms with E-state index in [2.05, 4.69) is 12.2 Å². The van der Waals surface area contributed by atoms with Gasteiger partial charge in [0.15, 0.2) is 0 Å². The molecule has 0 bridgehead atoms. The Morgan fingerprint density at radius 3 is 2.74 bits per heavy atom. The van der Waals surface area contributed by atoms with E-state index in [1.54, 1.807) is 7.11 Å². The number of nitrogens with two attached hydrogens (primary N) is 1. The first-order valence-corrected chi connectivity index (χ1v) is 6.79. The van der Waals surface area contributed by atoms with E-state index >= 15 is 0 Å². The standard InChI is InChI=1S/C15H22N2O2/c1-3-11-4-5-13(19-2)12(8-11)14(18)17-10-15(9-16)6-7-15/h4-5,8H,3,6-7,9-10,16H2,1-2H3,(H,17,18). The molecule has 0 spiro atoms. The van der Waals surface area contributed by atoms with Gasteiger partial charge in [0.05, 0.1) is 12.7 Å². The maximum Gasteiger partial charge on any atom is 0.255 e. The highest BCUT2D eigenvalue weighted by molar-refractivity contribution is 5.97. The van der Waals surface area contributed by atoms with Crippen molar-refractivity contribution >= 4 is 5.91 Å². The highest BCUT2D eigenvalue weighted by atomic mass is 16.5. The van der Waals surface area contributed by atoms with E-state index in [1.807, 2.05) is 18.2 Å². The topological polar surface area (TPSA) is 64.3 Å². The van der Waals surface area contributed by atoms with Crippen LogP contribution in [0.5, 0.6) is 5.75 Å². The predicted molar refractivity (Wildman–Crippen MR) is 75.4 cm³/mol. The third-order valence-electron chi connectivity index (χ3n) is 3.93. The van der Waals surface area contributed by atoms with Gasteiger partial charge in [0.25, 0.3) is 5.91 Å². The molecule has 1 aromatic rings. The Hall–Kier alpha value is -1.55. The molecule has 2 rings (SSSR count). The van der Waals surface area contributed by atoms with E-state index in [0.29, 0.717) is 24.4 Å². The summed E-state index contributed by atoms with van der Waals surface area (Å²) in [5.74, 6) is 0.541. The van der Waals surface area contributed by atoms with Crippen LogP contribution in [0.3, 0.4) is 0 Å². The smallest absolute Gasteiger partial charge is 0.255 e. The Bertz CT molecular complexity index is 467. The van der Waals surface area contributed by atoms with E-state index in [4.69, 9.17) is 10.5 Å². The molecular formula is C15H22N2O2. The lowest BCUT2D eigenvalue weighted by molar-refractivity contribution is 0.0942. The maximum absolute atomic E-state index is 12.3. The van der Waals surface area contributed by atoms with Gasteiger partial charge in [-0.15, -0.1) is 0 Å². The minimum Gasteiger partial charge on any atom is -0.496 e. The van der Waals surface area contributed by atoms with Crippen molar-refractivity contribution in [3.63, 3.8) is 0 Å². The van der Waals surface area contributed by atoms with Crippen molar-refractivity contribution in [2.45, 2.75) is 26.2 Å². The van der Waals surface area contributed by atoms with Crippen LogP contribution in [-0.4, -0.2) is 26.1 Å². The van der Waals surface area contributed by atoms with Gasteiger partial charge in [-0.3, -0.25) is 4.79 Å². The normalized spacial score (nSPS) is 15.9. The number of benzene rings is 1. The first-order valence-electron chi connectivity index (χ1n) is 6.79. The van der Waals surface area contributed by atoms with Gasteiger partial charge in [-0.2, -0.15) is 0 Å². The van der Waals surface area contributed by atoms with Gasteiger partial charge in [0.1, 0.15) is 5.75 Å². The van der Waals surface area contributed by atoms with Crippen molar-refractivity contribution < 1.29 is 9.53 Å². The Labute approximate surface area is 114 Å². The lowest BCUT2D eigenvalue weighted by atomic mass is 10.1. The molecule has 0 saturated heterocycles. The molecule has 0 aromatic heterocycles. The van der Waals surface area contributed by atoms with Crippen LogP contribution < -0.4 is 15.8 Å². The first-order chi connectivity index (χ1) is 9.14. The average Bonchev–Trinajstić information content (AvgIpc) is 3.24. The monoisotopic (exact) mass is 262 g/mol. The third-order valence-corrected chi connectivity index (χ3v) is 3.93. The third kappa shape index (κ3) is 3.07. The van der Waals surface area contributed by atoms with Gasteiger partial charge in [0.2, 0.25) is 0 Å². The summed E-state index contributed by atoms with van der Waals surface area (Å²) in [4.78, 5) is 12.3. The number of nitrogens with one attached hydrogen (secondary N) is 1. The number of methoxy groups -OCH3 is 1. The largest absolute Gasteiger partial charge is 0.496 e. The zero-order valence-electron chi connectivity index (χ0n) is 11.7. The van der Waals surface area contributed by atoms with Crippen molar-refractivity contribution in [3.05, 3.63) is 29.3 Å². The minimum absolute atomic E-state index is 0.0770. The lowest BCUT2D eigenvalue weighted by Crippen LogP contribution is -2.34. The van der Waals surface area contributed by atoms with E-state index in [9.17, 15) is 4.79 Å². The molecule has 0 unspecified atom stereocenters. The van der Waals surface area contributed by atoms with E-state index in [-0.39, 0.29) is 11.3 Å². The van der Waals surface area contributed by atoms with Gasteiger partial charge in [-0.25, -0.2) is 0 Å². The van der Waals surface area contributed by atoms with Crippen LogP contribution in [0.25, 0.3) is 0 Å². The number of carbonyl (C=O) groups excluding carboxylic acids is 1. The summed E-state index contributed by atoms with van der Waals surface area (Å²) in [6.45, 7) is 3.36. The molecule has 4 heteroatoms. The summed E-state index contributed by atoms with van der Waals surface area (Å²) in [6, 6.07) is 5.73. The molecule has 3 N–H and O–H groups in total. The molecule has 0 aliphatic heterocycles. The van der Waals surface area contributed by atoms with Crippen molar-refractivity contribution in [3.8, 4) is 5.75 Å².